The summed E-state index contributed by atoms with van der Waals surface area (Å²) in [7, 11) is 0. The van der Waals surface area contributed by atoms with Crippen LogP contribution in [0.25, 0.3) is 0 Å². The normalized spacial score (nSPS) is 21.6. The molecule has 1 aromatic rings. The third-order valence-corrected chi connectivity index (χ3v) is 4.92. The highest BCUT2D eigenvalue weighted by atomic mass is 79.9. The molecule has 0 aliphatic carbocycles. The van der Waals surface area contributed by atoms with Gasteiger partial charge >= 0.3 is 0 Å². The Hall–Kier alpha value is -0.0500. The molecule has 102 valence electrons. The first-order valence-electron chi connectivity index (χ1n) is 6.27. The van der Waals surface area contributed by atoms with E-state index in [9.17, 15) is 0 Å². The number of rotatable bonds is 2. The number of benzene rings is 1. The van der Waals surface area contributed by atoms with Crippen LogP contribution >= 0.6 is 28.3 Å². The van der Waals surface area contributed by atoms with Crippen LogP contribution in [0.4, 0.5) is 0 Å². The van der Waals surface area contributed by atoms with Crippen LogP contribution < -0.4 is 0 Å². The first-order valence-corrected chi connectivity index (χ1v) is 7.06. The number of hydrogen-bond donors (Lipinski definition) is 0. The van der Waals surface area contributed by atoms with E-state index in [0.29, 0.717) is 10.8 Å². The van der Waals surface area contributed by atoms with Crippen molar-refractivity contribution in [2.45, 2.75) is 34.2 Å². The van der Waals surface area contributed by atoms with Gasteiger partial charge < -0.3 is 0 Å². The molecule has 3 heteroatoms. The first-order chi connectivity index (χ1) is 7.80. The van der Waals surface area contributed by atoms with Crippen LogP contribution in [0.5, 0.6) is 0 Å². The molecule has 1 aliphatic heterocycles. The number of hydrogen-bond acceptors (Lipinski definition) is 1. The Bertz CT molecular complexity index is 381. The second kappa shape index (κ2) is 5.52. The highest BCUT2D eigenvalue weighted by molar-refractivity contribution is 9.10. The zero-order valence-corrected chi connectivity index (χ0v) is 14.1. The Balaban J connectivity index is 0.00000162. The molecule has 0 aromatic heterocycles. The molecule has 18 heavy (non-hydrogen) atoms. The zero-order chi connectivity index (χ0) is 12.7. The summed E-state index contributed by atoms with van der Waals surface area (Å²) in [5, 5.41) is 0. The van der Waals surface area contributed by atoms with Gasteiger partial charge in [0, 0.05) is 24.1 Å². The van der Waals surface area contributed by atoms with Crippen molar-refractivity contribution in [1.29, 1.82) is 0 Å². The van der Waals surface area contributed by atoms with Crippen LogP contribution in [0.15, 0.2) is 28.7 Å². The molecule has 1 nitrogen and oxygen atoms in total. The lowest BCUT2D eigenvalue weighted by atomic mass is 9.71. The Morgan fingerprint density at radius 1 is 1.00 bits per heavy atom. The van der Waals surface area contributed by atoms with Crippen molar-refractivity contribution >= 4 is 28.3 Å². The van der Waals surface area contributed by atoms with Crippen molar-refractivity contribution in [2.24, 2.45) is 10.8 Å². The van der Waals surface area contributed by atoms with Gasteiger partial charge in [-0.15, -0.1) is 12.4 Å². The van der Waals surface area contributed by atoms with E-state index >= 15 is 0 Å². The van der Waals surface area contributed by atoms with Gasteiger partial charge in [-0.05, 0) is 28.5 Å². The van der Waals surface area contributed by atoms with Crippen molar-refractivity contribution in [1.82, 2.24) is 4.90 Å². The summed E-state index contributed by atoms with van der Waals surface area (Å²) >= 11 is 3.48. The Kier molecular flexibility index (Phi) is 4.91. The van der Waals surface area contributed by atoms with Crippen molar-refractivity contribution in [3.8, 4) is 0 Å². The summed E-state index contributed by atoms with van der Waals surface area (Å²) in [6.45, 7) is 13.0. The molecule has 0 saturated carbocycles. The Labute approximate surface area is 125 Å². The predicted molar refractivity (Wildman–Crippen MR) is 84.2 cm³/mol. The summed E-state index contributed by atoms with van der Waals surface area (Å²) in [6.07, 6.45) is 0. The van der Waals surface area contributed by atoms with Gasteiger partial charge in [-0.3, -0.25) is 4.90 Å². The molecule has 0 spiro atoms. The molecule has 0 bridgehead atoms. The average molecular weight is 333 g/mol. The van der Waals surface area contributed by atoms with Gasteiger partial charge in [0.05, 0.1) is 0 Å². The summed E-state index contributed by atoms with van der Waals surface area (Å²) in [4.78, 5) is 2.57. The summed E-state index contributed by atoms with van der Waals surface area (Å²) in [5.41, 5.74) is 2.21. The number of halogens is 2. The molecule has 0 radical (unpaired) electrons. The van der Waals surface area contributed by atoms with Gasteiger partial charge in [-0.25, -0.2) is 0 Å². The first kappa shape index (κ1) is 16.0. The Morgan fingerprint density at radius 2 is 1.44 bits per heavy atom. The lowest BCUT2D eigenvalue weighted by Crippen LogP contribution is -2.30. The molecular weight excluding hydrogens is 310 g/mol. The molecule has 1 saturated heterocycles. The third-order valence-electron chi connectivity index (χ3n) is 4.39. The highest BCUT2D eigenvalue weighted by Crippen LogP contribution is 2.45. The monoisotopic (exact) mass is 331 g/mol. The van der Waals surface area contributed by atoms with Gasteiger partial charge in [0.1, 0.15) is 0 Å². The fraction of sp³-hybridized carbons (Fsp3) is 0.600. The van der Waals surface area contributed by atoms with Crippen molar-refractivity contribution in [3.63, 3.8) is 0 Å². The van der Waals surface area contributed by atoms with Gasteiger partial charge in [-0.2, -0.15) is 0 Å². The van der Waals surface area contributed by atoms with Crippen LogP contribution in [0, 0.1) is 10.8 Å². The molecule has 1 aliphatic rings. The van der Waals surface area contributed by atoms with Crippen LogP contribution in [0.2, 0.25) is 0 Å². The lowest BCUT2D eigenvalue weighted by molar-refractivity contribution is 0.184. The smallest absolute Gasteiger partial charge is 0.0234 e. The van der Waals surface area contributed by atoms with E-state index in [1.165, 1.54) is 18.7 Å². The number of nitrogens with zero attached hydrogens (tertiary/aromatic N) is 1. The van der Waals surface area contributed by atoms with E-state index in [4.69, 9.17) is 0 Å². The lowest BCUT2D eigenvalue weighted by Gasteiger charge is -2.33. The third kappa shape index (κ3) is 3.28. The topological polar surface area (TPSA) is 3.24 Å². The predicted octanol–water partition coefficient (Wildman–Crippen LogP) is 4.74. The molecule has 0 N–H and O–H groups in total. The molecule has 0 unspecified atom stereocenters. The zero-order valence-electron chi connectivity index (χ0n) is 11.7. The fourth-order valence-corrected chi connectivity index (χ4v) is 2.83. The molecular formula is C15H23BrClN. The van der Waals surface area contributed by atoms with Gasteiger partial charge in [0.2, 0.25) is 0 Å². The van der Waals surface area contributed by atoms with Crippen molar-refractivity contribution < 1.29 is 0 Å². The maximum Gasteiger partial charge on any atom is 0.0234 e. The number of likely N-dealkylation sites (tertiary alicyclic amines) is 1. The Morgan fingerprint density at radius 3 is 1.89 bits per heavy atom. The minimum Gasteiger partial charge on any atom is -0.298 e. The SMILES string of the molecule is CC1(C)CN(Cc2ccc(Br)cc2)CC1(C)C.Cl. The van der Waals surface area contributed by atoms with Crippen LogP contribution in [0.1, 0.15) is 33.3 Å². The van der Waals surface area contributed by atoms with Crippen molar-refractivity contribution in [2.75, 3.05) is 13.1 Å². The van der Waals surface area contributed by atoms with Gasteiger partial charge in [0.15, 0.2) is 0 Å². The minimum atomic E-state index is 0. The van der Waals surface area contributed by atoms with Crippen molar-refractivity contribution in [3.05, 3.63) is 34.3 Å². The summed E-state index contributed by atoms with van der Waals surface area (Å²) in [6, 6.07) is 8.67. The van der Waals surface area contributed by atoms with Crippen LogP contribution in [-0.4, -0.2) is 18.0 Å². The van der Waals surface area contributed by atoms with Gasteiger partial charge in [0.25, 0.3) is 0 Å². The van der Waals surface area contributed by atoms with Gasteiger partial charge in [-0.1, -0.05) is 55.8 Å². The second-order valence-electron chi connectivity index (χ2n) is 6.54. The summed E-state index contributed by atoms with van der Waals surface area (Å²) in [5.74, 6) is 0. The second-order valence-corrected chi connectivity index (χ2v) is 7.46. The molecule has 1 heterocycles. The van der Waals surface area contributed by atoms with E-state index in [1.54, 1.807) is 0 Å². The van der Waals surface area contributed by atoms with E-state index in [2.05, 4.69) is 72.8 Å². The molecule has 2 rings (SSSR count). The maximum atomic E-state index is 3.48. The summed E-state index contributed by atoms with van der Waals surface area (Å²) < 4.78 is 1.16. The standard InChI is InChI=1S/C15H22BrN.ClH/c1-14(2)10-17(11-15(14,3)4)9-12-5-7-13(16)8-6-12;/h5-8H,9-11H2,1-4H3;1H. The molecule has 0 amide bonds. The highest BCUT2D eigenvalue weighted by Gasteiger charge is 2.45. The van der Waals surface area contributed by atoms with Crippen LogP contribution in [0.3, 0.4) is 0 Å². The van der Waals surface area contributed by atoms with E-state index in [1.807, 2.05) is 0 Å². The van der Waals surface area contributed by atoms with E-state index in [-0.39, 0.29) is 12.4 Å². The molecule has 1 fully saturated rings. The largest absolute Gasteiger partial charge is 0.298 e. The van der Waals surface area contributed by atoms with Crippen LogP contribution in [-0.2, 0) is 6.54 Å². The van der Waals surface area contributed by atoms with E-state index in [0.717, 1.165) is 11.0 Å². The average Bonchev–Trinajstić information content (AvgIpc) is 2.39. The minimum absolute atomic E-state index is 0. The fourth-order valence-electron chi connectivity index (χ4n) is 2.56. The molecule has 1 aromatic carbocycles. The van der Waals surface area contributed by atoms with E-state index < -0.39 is 0 Å². The quantitative estimate of drug-likeness (QED) is 0.756. The maximum absolute atomic E-state index is 3.48. The molecule has 0 atom stereocenters.